The lowest BCUT2D eigenvalue weighted by molar-refractivity contribution is 0.162. The number of anilines is 2. The van der Waals surface area contributed by atoms with Gasteiger partial charge in [0.25, 0.3) is 0 Å². The number of nitrogens with zero attached hydrogens (tertiary/aromatic N) is 2. The Labute approximate surface area is 169 Å². The maximum absolute atomic E-state index is 15.2. The van der Waals surface area contributed by atoms with Crippen molar-refractivity contribution in [2.45, 2.75) is 18.9 Å². The Kier molecular flexibility index (Phi) is 5.67. The Hall–Kier alpha value is -3.06. The van der Waals surface area contributed by atoms with Gasteiger partial charge in [0.2, 0.25) is 0 Å². The van der Waals surface area contributed by atoms with Crippen LogP contribution in [0, 0.1) is 0 Å². The molecule has 0 unspecified atom stereocenters. The first kappa shape index (κ1) is 19.3. The van der Waals surface area contributed by atoms with Crippen LogP contribution in [0.3, 0.4) is 0 Å². The highest BCUT2D eigenvalue weighted by molar-refractivity contribution is 5.86. The zero-order chi connectivity index (χ0) is 20.2. The lowest BCUT2D eigenvalue weighted by Crippen LogP contribution is -2.34. The van der Waals surface area contributed by atoms with Crippen LogP contribution in [0.15, 0.2) is 48.7 Å². The number of methoxy groups -OCH3 is 2. The molecular formula is C22H24FN3O3. The zero-order valence-corrected chi connectivity index (χ0v) is 16.5. The van der Waals surface area contributed by atoms with Gasteiger partial charge in [-0.2, -0.15) is 5.12 Å². The molecule has 1 saturated heterocycles. The van der Waals surface area contributed by atoms with E-state index in [1.165, 1.54) is 14.2 Å². The first-order valence-electron chi connectivity index (χ1n) is 9.63. The van der Waals surface area contributed by atoms with E-state index in [0.717, 1.165) is 42.5 Å². The summed E-state index contributed by atoms with van der Waals surface area (Å²) in [5.41, 5.74) is 0.223. The quantitative estimate of drug-likeness (QED) is 0.622. The van der Waals surface area contributed by atoms with E-state index in [9.17, 15) is 0 Å². The summed E-state index contributed by atoms with van der Waals surface area (Å²) in [6.07, 6.45) is 3.81. The van der Waals surface area contributed by atoms with E-state index in [1.54, 1.807) is 30.5 Å². The number of hydrogen-bond acceptors (Lipinski definition) is 6. The maximum Gasteiger partial charge on any atom is 0.163 e. The fraction of sp³-hybridized carbons (Fsp3) is 0.318. The summed E-state index contributed by atoms with van der Waals surface area (Å²) in [5.74, 6) is 1.86. The Bertz CT molecular complexity index is 992. The number of rotatable bonds is 6. The molecule has 0 amide bonds. The summed E-state index contributed by atoms with van der Waals surface area (Å²) in [7, 11) is 3.03. The Morgan fingerprint density at radius 3 is 2.52 bits per heavy atom. The molecule has 0 saturated carbocycles. The van der Waals surface area contributed by atoms with Gasteiger partial charge >= 0.3 is 0 Å². The number of ether oxygens (including phenoxy) is 3. The van der Waals surface area contributed by atoms with Gasteiger partial charge in [0, 0.05) is 17.6 Å². The SMILES string of the molecule is COc1ccc(OC)c(N(F)c2cc3cc(OC4CCNCC4)ccc3cn2)c1. The van der Waals surface area contributed by atoms with Crippen molar-refractivity contribution in [1.29, 1.82) is 0 Å². The number of halogens is 1. The molecular weight excluding hydrogens is 373 g/mol. The lowest BCUT2D eigenvalue weighted by Gasteiger charge is -2.24. The Morgan fingerprint density at radius 1 is 0.966 bits per heavy atom. The number of nitrogens with one attached hydrogen (secondary N) is 1. The number of hydrogen-bond donors (Lipinski definition) is 1. The average Bonchev–Trinajstić information content (AvgIpc) is 2.78. The minimum atomic E-state index is 0.156. The lowest BCUT2D eigenvalue weighted by atomic mass is 10.1. The third-order valence-electron chi connectivity index (χ3n) is 5.07. The fourth-order valence-electron chi connectivity index (χ4n) is 3.47. The van der Waals surface area contributed by atoms with Crippen molar-refractivity contribution in [1.82, 2.24) is 10.3 Å². The van der Waals surface area contributed by atoms with E-state index in [0.29, 0.717) is 16.6 Å². The summed E-state index contributed by atoms with van der Waals surface area (Å²) in [4.78, 5) is 4.26. The van der Waals surface area contributed by atoms with Crippen LogP contribution in [-0.2, 0) is 0 Å². The largest absolute Gasteiger partial charge is 0.497 e. The molecule has 1 aromatic heterocycles. The summed E-state index contributed by atoms with van der Waals surface area (Å²) in [6, 6.07) is 12.5. The van der Waals surface area contributed by atoms with Crippen molar-refractivity contribution in [2.75, 3.05) is 32.4 Å². The Morgan fingerprint density at radius 2 is 1.76 bits per heavy atom. The van der Waals surface area contributed by atoms with Crippen LogP contribution in [0.4, 0.5) is 16.0 Å². The average molecular weight is 397 g/mol. The molecule has 0 atom stereocenters. The molecule has 1 fully saturated rings. The molecule has 1 N–H and O–H groups in total. The van der Waals surface area contributed by atoms with Crippen LogP contribution in [0.1, 0.15) is 12.8 Å². The molecule has 0 aliphatic carbocycles. The van der Waals surface area contributed by atoms with Crippen molar-refractivity contribution >= 4 is 22.3 Å². The molecule has 29 heavy (non-hydrogen) atoms. The Balaban J connectivity index is 1.63. The van der Waals surface area contributed by atoms with Crippen LogP contribution in [0.25, 0.3) is 10.8 Å². The van der Waals surface area contributed by atoms with E-state index in [-0.39, 0.29) is 17.6 Å². The third kappa shape index (κ3) is 4.19. The zero-order valence-electron chi connectivity index (χ0n) is 16.5. The highest BCUT2D eigenvalue weighted by Crippen LogP contribution is 2.37. The van der Waals surface area contributed by atoms with E-state index in [4.69, 9.17) is 14.2 Å². The maximum atomic E-state index is 15.2. The van der Waals surface area contributed by atoms with Gasteiger partial charge in [-0.3, -0.25) is 0 Å². The monoisotopic (exact) mass is 397 g/mol. The predicted octanol–water partition coefficient (Wildman–Crippen LogP) is 4.41. The van der Waals surface area contributed by atoms with Gasteiger partial charge in [-0.25, -0.2) is 4.98 Å². The molecule has 2 heterocycles. The van der Waals surface area contributed by atoms with Crippen molar-refractivity contribution < 1.29 is 18.7 Å². The minimum absolute atomic E-state index is 0.156. The van der Waals surface area contributed by atoms with E-state index in [2.05, 4.69) is 10.3 Å². The van der Waals surface area contributed by atoms with Crippen molar-refractivity contribution in [2.24, 2.45) is 0 Å². The summed E-state index contributed by atoms with van der Waals surface area (Å²) in [6.45, 7) is 1.93. The van der Waals surface area contributed by atoms with E-state index >= 15 is 4.48 Å². The standard InChI is InChI=1S/C22H24FN3O3/c1-27-18-5-6-21(28-2)20(13-18)26(23)22-12-16-11-19(4-3-15(16)14-25-22)29-17-7-9-24-10-8-17/h3-6,11-14,17,24H,7-10H2,1-2H3. The van der Waals surface area contributed by atoms with Crippen LogP contribution in [0.2, 0.25) is 0 Å². The molecule has 3 aromatic rings. The van der Waals surface area contributed by atoms with Crippen LogP contribution in [0.5, 0.6) is 17.2 Å². The predicted molar refractivity (Wildman–Crippen MR) is 111 cm³/mol. The summed E-state index contributed by atoms with van der Waals surface area (Å²) in [5, 5.41) is 5.60. The second-order valence-corrected chi connectivity index (χ2v) is 6.94. The van der Waals surface area contributed by atoms with Crippen molar-refractivity contribution in [3.8, 4) is 17.2 Å². The van der Waals surface area contributed by atoms with Gasteiger partial charge in [-0.05, 0) is 67.7 Å². The highest BCUT2D eigenvalue weighted by atomic mass is 19.2. The number of fused-ring (bicyclic) bond motifs is 1. The van der Waals surface area contributed by atoms with E-state index < -0.39 is 0 Å². The van der Waals surface area contributed by atoms with Gasteiger partial charge in [0.1, 0.15) is 29.0 Å². The van der Waals surface area contributed by atoms with Crippen LogP contribution < -0.4 is 24.6 Å². The minimum Gasteiger partial charge on any atom is -0.497 e. The van der Waals surface area contributed by atoms with Gasteiger partial charge in [0.15, 0.2) is 5.82 Å². The van der Waals surface area contributed by atoms with Gasteiger partial charge < -0.3 is 19.5 Å². The van der Waals surface area contributed by atoms with Gasteiger partial charge in [-0.15, -0.1) is 0 Å². The molecule has 0 bridgehead atoms. The van der Waals surface area contributed by atoms with Crippen molar-refractivity contribution in [3.63, 3.8) is 0 Å². The smallest absolute Gasteiger partial charge is 0.163 e. The number of benzene rings is 2. The molecule has 2 aromatic carbocycles. The summed E-state index contributed by atoms with van der Waals surface area (Å²) >= 11 is 0. The number of aromatic nitrogens is 1. The molecule has 0 radical (unpaired) electrons. The second-order valence-electron chi connectivity index (χ2n) is 6.94. The van der Waals surface area contributed by atoms with Gasteiger partial charge in [0.05, 0.1) is 14.2 Å². The number of pyridine rings is 1. The third-order valence-corrected chi connectivity index (χ3v) is 5.07. The number of piperidine rings is 1. The summed E-state index contributed by atoms with van der Waals surface area (Å²) < 4.78 is 31.8. The van der Waals surface area contributed by atoms with Crippen LogP contribution in [-0.4, -0.2) is 38.4 Å². The normalized spacial score (nSPS) is 14.6. The van der Waals surface area contributed by atoms with Crippen molar-refractivity contribution in [3.05, 3.63) is 48.7 Å². The fourth-order valence-corrected chi connectivity index (χ4v) is 3.47. The van der Waals surface area contributed by atoms with E-state index in [1.807, 2.05) is 18.2 Å². The van der Waals surface area contributed by atoms with Crippen LogP contribution >= 0.6 is 0 Å². The molecule has 1 aliphatic heterocycles. The molecule has 152 valence electrons. The molecule has 7 heteroatoms. The molecule has 1 aliphatic rings. The molecule has 6 nitrogen and oxygen atoms in total. The first-order valence-corrected chi connectivity index (χ1v) is 9.63. The van der Waals surface area contributed by atoms with Gasteiger partial charge in [-0.1, -0.05) is 4.48 Å². The topological polar surface area (TPSA) is 55.9 Å². The first-order chi connectivity index (χ1) is 14.2. The highest BCUT2D eigenvalue weighted by Gasteiger charge is 2.18. The molecule has 4 rings (SSSR count). The molecule has 0 spiro atoms. The second kappa shape index (κ2) is 8.53.